The molecule has 1 atom stereocenters. The molecule has 28 heavy (non-hydrogen) atoms. The lowest BCUT2D eigenvalue weighted by Gasteiger charge is -2.37. The molecule has 1 saturated heterocycles. The zero-order chi connectivity index (χ0) is 19.3. The molecule has 1 aromatic heterocycles. The van der Waals surface area contributed by atoms with Crippen LogP contribution in [-0.2, 0) is 13.0 Å². The second-order valence-corrected chi connectivity index (χ2v) is 7.29. The van der Waals surface area contributed by atoms with Gasteiger partial charge >= 0.3 is 0 Å². The van der Waals surface area contributed by atoms with Crippen molar-refractivity contribution < 1.29 is 4.39 Å². The maximum atomic E-state index is 13.5. The fraction of sp³-hybridized carbons (Fsp3) is 0.381. The molecule has 0 aliphatic carbocycles. The first-order valence-electron chi connectivity index (χ1n) is 9.69. The molecule has 3 aromatic rings. The van der Waals surface area contributed by atoms with E-state index in [-0.39, 0.29) is 11.9 Å². The lowest BCUT2D eigenvalue weighted by atomic mass is 10.0. The quantitative estimate of drug-likeness (QED) is 0.657. The van der Waals surface area contributed by atoms with Gasteiger partial charge in [0.2, 0.25) is 0 Å². The summed E-state index contributed by atoms with van der Waals surface area (Å²) >= 11 is 0. The third kappa shape index (κ3) is 4.26. The van der Waals surface area contributed by atoms with Gasteiger partial charge in [0.15, 0.2) is 5.82 Å². The second-order valence-electron chi connectivity index (χ2n) is 7.29. The molecule has 1 aliphatic heterocycles. The van der Waals surface area contributed by atoms with E-state index in [0.29, 0.717) is 6.54 Å². The van der Waals surface area contributed by atoms with Crippen LogP contribution in [0.3, 0.4) is 0 Å². The van der Waals surface area contributed by atoms with Gasteiger partial charge in [0.1, 0.15) is 5.82 Å². The molecule has 4 rings (SSSR count). The fourth-order valence-corrected chi connectivity index (χ4v) is 3.69. The van der Waals surface area contributed by atoms with Crippen molar-refractivity contribution >= 4 is 0 Å². The van der Waals surface area contributed by atoms with E-state index in [1.165, 1.54) is 17.7 Å². The predicted molar refractivity (Wildman–Crippen MR) is 105 cm³/mol. The molecule has 0 spiro atoms. The molecule has 2 aromatic carbocycles. The zero-order valence-corrected chi connectivity index (χ0v) is 16.1. The Kier molecular flexibility index (Phi) is 5.73. The molecule has 0 saturated carbocycles. The number of aryl methyl sites for hydroxylation is 2. The summed E-state index contributed by atoms with van der Waals surface area (Å²) in [6.45, 7) is 4.53. The fourth-order valence-electron chi connectivity index (χ4n) is 3.69. The van der Waals surface area contributed by atoms with E-state index in [1.54, 1.807) is 0 Å². The number of hydrogen-bond donors (Lipinski definition) is 0. The number of likely N-dealkylation sites (N-methyl/N-ethyl adjacent to an activating group) is 1. The third-order valence-corrected chi connectivity index (χ3v) is 5.35. The second kappa shape index (κ2) is 8.58. The maximum absolute atomic E-state index is 13.5. The molecule has 0 N–H and O–H groups in total. The normalized spacial score (nSPS) is 16.9. The summed E-state index contributed by atoms with van der Waals surface area (Å²) in [4.78, 5) is 4.70. The number of aromatic nitrogens is 4. The summed E-state index contributed by atoms with van der Waals surface area (Å²) in [7, 11) is 2.13. The third-order valence-electron chi connectivity index (χ3n) is 5.35. The van der Waals surface area contributed by atoms with E-state index in [0.717, 1.165) is 44.0 Å². The van der Waals surface area contributed by atoms with Crippen LogP contribution >= 0.6 is 0 Å². The van der Waals surface area contributed by atoms with E-state index in [2.05, 4.69) is 44.5 Å². The van der Waals surface area contributed by atoms with Crippen molar-refractivity contribution in [1.29, 1.82) is 0 Å². The van der Waals surface area contributed by atoms with Crippen LogP contribution in [0.5, 0.6) is 0 Å². The van der Waals surface area contributed by atoms with Crippen LogP contribution in [0, 0.1) is 5.82 Å². The summed E-state index contributed by atoms with van der Waals surface area (Å²) in [5, 5.41) is 12.6. The minimum absolute atomic E-state index is 0.0833. The highest BCUT2D eigenvalue weighted by Gasteiger charge is 2.29. The van der Waals surface area contributed by atoms with Gasteiger partial charge in [0, 0.05) is 32.7 Å². The van der Waals surface area contributed by atoms with Crippen LogP contribution in [0.1, 0.15) is 23.0 Å². The van der Waals surface area contributed by atoms with Gasteiger partial charge in [-0.2, -0.15) is 0 Å². The number of rotatable bonds is 6. The van der Waals surface area contributed by atoms with Gasteiger partial charge in [-0.05, 0) is 47.2 Å². The van der Waals surface area contributed by atoms with Crippen LogP contribution in [0.2, 0.25) is 0 Å². The Morgan fingerprint density at radius 3 is 2.39 bits per heavy atom. The Hall–Kier alpha value is -2.64. The topological polar surface area (TPSA) is 50.1 Å². The highest BCUT2D eigenvalue weighted by atomic mass is 19.1. The number of tetrazole rings is 1. The van der Waals surface area contributed by atoms with Gasteiger partial charge in [-0.1, -0.05) is 42.5 Å². The van der Waals surface area contributed by atoms with Gasteiger partial charge in [0.05, 0.1) is 6.04 Å². The standard InChI is InChI=1S/C21H25FN6/c1-26-13-15-27(16-14-26)20(18-7-9-19(22)10-8-18)21-23-24-25-28(21)12-11-17-5-3-2-4-6-17/h2-10,20H,11-16H2,1H3/t20-/m0/s1. The molecular weight excluding hydrogens is 355 g/mol. The van der Waals surface area contributed by atoms with Gasteiger partial charge < -0.3 is 4.90 Å². The minimum atomic E-state index is -0.232. The molecule has 2 heterocycles. The molecule has 0 unspecified atom stereocenters. The first kappa shape index (κ1) is 18.7. The van der Waals surface area contributed by atoms with E-state index in [9.17, 15) is 4.39 Å². The number of nitrogens with zero attached hydrogens (tertiary/aromatic N) is 6. The molecule has 0 radical (unpaired) electrons. The largest absolute Gasteiger partial charge is 0.304 e. The average molecular weight is 380 g/mol. The van der Waals surface area contributed by atoms with Gasteiger partial charge in [0.25, 0.3) is 0 Å². The number of piperazine rings is 1. The summed E-state index contributed by atoms with van der Waals surface area (Å²) < 4.78 is 15.4. The van der Waals surface area contributed by atoms with Crippen molar-refractivity contribution in [1.82, 2.24) is 30.0 Å². The van der Waals surface area contributed by atoms with Crippen molar-refractivity contribution in [2.75, 3.05) is 33.2 Å². The number of benzene rings is 2. The van der Waals surface area contributed by atoms with Crippen LogP contribution < -0.4 is 0 Å². The van der Waals surface area contributed by atoms with Crippen LogP contribution in [-0.4, -0.2) is 63.2 Å². The van der Waals surface area contributed by atoms with Crippen LogP contribution in [0.4, 0.5) is 4.39 Å². The van der Waals surface area contributed by atoms with E-state index in [4.69, 9.17) is 0 Å². The Labute approximate surface area is 164 Å². The smallest absolute Gasteiger partial charge is 0.173 e. The molecule has 6 nitrogen and oxygen atoms in total. The molecule has 0 bridgehead atoms. The minimum Gasteiger partial charge on any atom is -0.304 e. The van der Waals surface area contributed by atoms with Gasteiger partial charge in [-0.15, -0.1) is 5.10 Å². The first-order valence-corrected chi connectivity index (χ1v) is 9.69. The Morgan fingerprint density at radius 1 is 0.964 bits per heavy atom. The number of hydrogen-bond acceptors (Lipinski definition) is 5. The summed E-state index contributed by atoms with van der Waals surface area (Å²) in [5.74, 6) is 0.580. The molecule has 1 fully saturated rings. The van der Waals surface area contributed by atoms with E-state index in [1.807, 2.05) is 35.0 Å². The van der Waals surface area contributed by atoms with Crippen molar-refractivity contribution in [2.24, 2.45) is 0 Å². The summed E-state index contributed by atoms with van der Waals surface area (Å²) in [5.41, 5.74) is 2.27. The highest BCUT2D eigenvalue weighted by Crippen LogP contribution is 2.28. The van der Waals surface area contributed by atoms with Crippen LogP contribution in [0.15, 0.2) is 54.6 Å². The van der Waals surface area contributed by atoms with Crippen molar-refractivity contribution in [2.45, 2.75) is 19.0 Å². The van der Waals surface area contributed by atoms with Crippen molar-refractivity contribution in [3.8, 4) is 0 Å². The molecular formula is C21H25FN6. The Balaban J connectivity index is 1.61. The molecule has 0 amide bonds. The monoisotopic (exact) mass is 380 g/mol. The van der Waals surface area contributed by atoms with Gasteiger partial charge in [-0.3, -0.25) is 4.90 Å². The Bertz CT molecular complexity index is 871. The van der Waals surface area contributed by atoms with Crippen LogP contribution in [0.25, 0.3) is 0 Å². The summed E-state index contributed by atoms with van der Waals surface area (Å²) in [6.07, 6.45) is 0.859. The van der Waals surface area contributed by atoms with E-state index < -0.39 is 0 Å². The van der Waals surface area contributed by atoms with Crippen molar-refractivity contribution in [3.63, 3.8) is 0 Å². The lowest BCUT2D eigenvalue weighted by molar-refractivity contribution is 0.121. The van der Waals surface area contributed by atoms with Gasteiger partial charge in [-0.25, -0.2) is 9.07 Å². The van der Waals surface area contributed by atoms with E-state index >= 15 is 0 Å². The summed E-state index contributed by atoms with van der Waals surface area (Å²) in [6, 6.07) is 17.0. The predicted octanol–water partition coefficient (Wildman–Crippen LogP) is 2.39. The Morgan fingerprint density at radius 2 is 1.68 bits per heavy atom. The number of halogens is 1. The maximum Gasteiger partial charge on any atom is 0.173 e. The molecule has 1 aliphatic rings. The van der Waals surface area contributed by atoms with Crippen molar-refractivity contribution in [3.05, 3.63) is 77.4 Å². The zero-order valence-electron chi connectivity index (χ0n) is 16.1. The lowest BCUT2D eigenvalue weighted by Crippen LogP contribution is -2.46. The SMILES string of the molecule is CN1CCN([C@@H](c2ccc(F)cc2)c2nnnn2CCc2ccccc2)CC1. The molecule has 7 heteroatoms. The molecule has 146 valence electrons. The first-order chi connectivity index (χ1) is 13.7. The average Bonchev–Trinajstić information content (AvgIpc) is 3.18. The highest BCUT2D eigenvalue weighted by molar-refractivity contribution is 5.25.